The molecule has 0 unspecified atom stereocenters. The Morgan fingerprint density at radius 2 is 1.00 bits per heavy atom. The Kier molecular flexibility index (Phi) is 15.9. The van der Waals surface area contributed by atoms with Gasteiger partial charge in [0.1, 0.15) is 0 Å². The van der Waals surface area contributed by atoms with Crippen LogP contribution in [0.3, 0.4) is 0 Å². The van der Waals surface area contributed by atoms with Crippen LogP contribution in [0, 0.1) is 0 Å². The van der Waals surface area contributed by atoms with E-state index >= 15 is 0 Å². The molecule has 0 N–H and O–H groups in total. The number of carbonyl (C=O) groups is 2. The van der Waals surface area contributed by atoms with Gasteiger partial charge in [-0.1, -0.05) is 63.5 Å². The van der Waals surface area contributed by atoms with Crippen molar-refractivity contribution >= 4 is 11.9 Å². The maximum absolute atomic E-state index is 12.0. The highest BCUT2D eigenvalue weighted by Crippen LogP contribution is 2.13. The van der Waals surface area contributed by atoms with Crippen LogP contribution in [0.1, 0.15) is 111 Å². The van der Waals surface area contributed by atoms with Gasteiger partial charge in [0.2, 0.25) is 11.5 Å². The number of unbranched alkanes of at least 4 members (excludes halogenated alkanes) is 12. The van der Waals surface area contributed by atoms with Gasteiger partial charge < -0.3 is 13.9 Å². The van der Waals surface area contributed by atoms with Crippen molar-refractivity contribution in [1.29, 1.82) is 0 Å². The van der Waals surface area contributed by atoms with Crippen molar-refractivity contribution in [2.24, 2.45) is 0 Å². The standard InChI is InChI=1S/C26H40O5/c1-3-5-7-9-11-13-15-17-21-29-25(27)23-19-20-24(31-23)26(28)30-22-18-16-14-12-10-8-6-4-2/h3-4,19-20H,1-2,5-18,21-22H2. The minimum Gasteiger partial charge on any atom is -0.460 e. The third kappa shape index (κ3) is 13.6. The van der Waals surface area contributed by atoms with E-state index in [1.165, 1.54) is 50.7 Å². The lowest BCUT2D eigenvalue weighted by molar-refractivity contribution is 0.0427. The number of hydrogen-bond donors (Lipinski definition) is 0. The highest BCUT2D eigenvalue weighted by atomic mass is 16.6. The molecule has 0 bridgehead atoms. The van der Waals surface area contributed by atoms with Crippen LogP contribution >= 0.6 is 0 Å². The van der Waals surface area contributed by atoms with E-state index in [2.05, 4.69) is 13.2 Å². The Bertz CT molecular complexity index is 579. The number of furan rings is 1. The quantitative estimate of drug-likeness (QED) is 0.122. The molecule has 5 heteroatoms. The number of carbonyl (C=O) groups excluding carboxylic acids is 2. The third-order valence-corrected chi connectivity index (χ3v) is 5.08. The monoisotopic (exact) mass is 432 g/mol. The van der Waals surface area contributed by atoms with Crippen molar-refractivity contribution in [3.8, 4) is 0 Å². The fraction of sp³-hybridized carbons (Fsp3) is 0.615. The molecule has 0 radical (unpaired) electrons. The third-order valence-electron chi connectivity index (χ3n) is 5.08. The Morgan fingerprint density at radius 1 is 0.645 bits per heavy atom. The lowest BCUT2D eigenvalue weighted by Gasteiger charge is -2.04. The van der Waals surface area contributed by atoms with Gasteiger partial charge >= 0.3 is 11.9 Å². The van der Waals surface area contributed by atoms with Crippen LogP contribution in [0.15, 0.2) is 41.9 Å². The lowest BCUT2D eigenvalue weighted by atomic mass is 10.1. The van der Waals surface area contributed by atoms with Gasteiger partial charge in [-0.25, -0.2) is 9.59 Å². The minimum atomic E-state index is -0.540. The molecule has 0 aliphatic heterocycles. The number of esters is 2. The van der Waals surface area contributed by atoms with E-state index in [1.54, 1.807) is 0 Å². The maximum atomic E-state index is 12.0. The molecule has 5 nitrogen and oxygen atoms in total. The average molecular weight is 433 g/mol. The summed E-state index contributed by atoms with van der Waals surface area (Å²) in [7, 11) is 0. The molecule has 0 spiro atoms. The first-order chi connectivity index (χ1) is 15.2. The van der Waals surface area contributed by atoms with Gasteiger partial charge in [0, 0.05) is 0 Å². The maximum Gasteiger partial charge on any atom is 0.374 e. The van der Waals surface area contributed by atoms with E-state index in [9.17, 15) is 9.59 Å². The zero-order valence-corrected chi connectivity index (χ0v) is 19.1. The summed E-state index contributed by atoms with van der Waals surface area (Å²) in [6.45, 7) is 8.16. The second kappa shape index (κ2) is 18.5. The lowest BCUT2D eigenvalue weighted by Crippen LogP contribution is -2.07. The van der Waals surface area contributed by atoms with E-state index in [0.717, 1.165) is 51.4 Å². The molecule has 0 aromatic carbocycles. The molecule has 0 fully saturated rings. The molecule has 0 saturated heterocycles. The summed E-state index contributed by atoms with van der Waals surface area (Å²) >= 11 is 0. The zero-order chi connectivity index (χ0) is 22.6. The van der Waals surface area contributed by atoms with Crippen LogP contribution < -0.4 is 0 Å². The van der Waals surface area contributed by atoms with Crippen LogP contribution in [0.25, 0.3) is 0 Å². The molecule has 1 rings (SSSR count). The number of allylic oxidation sites excluding steroid dienone is 2. The largest absolute Gasteiger partial charge is 0.460 e. The summed E-state index contributed by atoms with van der Waals surface area (Å²) in [4.78, 5) is 24.1. The van der Waals surface area contributed by atoms with Crippen molar-refractivity contribution in [3.63, 3.8) is 0 Å². The summed E-state index contributed by atoms with van der Waals surface area (Å²) < 4.78 is 15.8. The van der Waals surface area contributed by atoms with Crippen LogP contribution in [0.2, 0.25) is 0 Å². The van der Waals surface area contributed by atoms with Crippen LogP contribution in [0.5, 0.6) is 0 Å². The number of rotatable bonds is 20. The Balaban J connectivity index is 2.09. The van der Waals surface area contributed by atoms with Gasteiger partial charge in [-0.2, -0.15) is 0 Å². The van der Waals surface area contributed by atoms with Crippen LogP contribution in [-0.4, -0.2) is 25.2 Å². The smallest absolute Gasteiger partial charge is 0.374 e. The molecule has 0 atom stereocenters. The second-order valence-electron chi connectivity index (χ2n) is 7.83. The molecule has 0 saturated carbocycles. The summed E-state index contributed by atoms with van der Waals surface area (Å²) in [5.41, 5.74) is 0. The molecule has 1 heterocycles. The first-order valence-corrected chi connectivity index (χ1v) is 11.8. The van der Waals surface area contributed by atoms with Gasteiger partial charge in [0.25, 0.3) is 0 Å². The summed E-state index contributed by atoms with van der Waals surface area (Å²) in [6.07, 6.45) is 19.3. The van der Waals surface area contributed by atoms with E-state index in [4.69, 9.17) is 13.9 Å². The molecule has 31 heavy (non-hydrogen) atoms. The molecule has 0 aliphatic rings. The van der Waals surface area contributed by atoms with E-state index in [1.807, 2.05) is 12.2 Å². The number of hydrogen-bond acceptors (Lipinski definition) is 5. The first kappa shape index (κ1) is 26.7. The summed E-state index contributed by atoms with van der Waals surface area (Å²) in [5, 5.41) is 0. The summed E-state index contributed by atoms with van der Waals surface area (Å²) in [5.74, 6) is -1.00. The summed E-state index contributed by atoms with van der Waals surface area (Å²) in [6, 6.07) is 2.92. The van der Waals surface area contributed by atoms with Crippen molar-refractivity contribution in [2.45, 2.75) is 89.9 Å². The predicted octanol–water partition coefficient (Wildman–Crippen LogP) is 7.43. The number of ether oxygens (including phenoxy) is 2. The molecule has 1 aromatic heterocycles. The second-order valence-corrected chi connectivity index (χ2v) is 7.83. The highest BCUT2D eigenvalue weighted by Gasteiger charge is 2.17. The minimum absolute atomic E-state index is 0.0379. The predicted molar refractivity (Wildman–Crippen MR) is 124 cm³/mol. The van der Waals surface area contributed by atoms with E-state index in [0.29, 0.717) is 13.2 Å². The highest BCUT2D eigenvalue weighted by molar-refractivity contribution is 5.90. The van der Waals surface area contributed by atoms with Crippen molar-refractivity contribution in [1.82, 2.24) is 0 Å². The fourth-order valence-corrected chi connectivity index (χ4v) is 3.22. The Hall–Kier alpha value is -2.30. The molecule has 0 amide bonds. The zero-order valence-electron chi connectivity index (χ0n) is 19.1. The Morgan fingerprint density at radius 3 is 1.39 bits per heavy atom. The molecule has 0 aliphatic carbocycles. The van der Waals surface area contributed by atoms with E-state index < -0.39 is 11.9 Å². The van der Waals surface area contributed by atoms with Crippen molar-refractivity contribution in [3.05, 3.63) is 49.0 Å². The van der Waals surface area contributed by atoms with Gasteiger partial charge in [-0.05, 0) is 50.7 Å². The van der Waals surface area contributed by atoms with Crippen molar-refractivity contribution in [2.75, 3.05) is 13.2 Å². The van der Waals surface area contributed by atoms with E-state index in [-0.39, 0.29) is 11.5 Å². The fourth-order valence-electron chi connectivity index (χ4n) is 3.22. The van der Waals surface area contributed by atoms with Gasteiger partial charge in [0.05, 0.1) is 13.2 Å². The van der Waals surface area contributed by atoms with Gasteiger partial charge in [-0.3, -0.25) is 0 Å². The molecule has 1 aromatic rings. The molecular weight excluding hydrogens is 392 g/mol. The SMILES string of the molecule is C=CCCCCCCCCOC(=O)c1ccc(C(=O)OCCCCCCCCC=C)o1. The molecular formula is C26H40O5. The first-order valence-electron chi connectivity index (χ1n) is 11.8. The molecule has 174 valence electrons. The van der Waals surface area contributed by atoms with Crippen LogP contribution in [0.4, 0.5) is 0 Å². The average Bonchev–Trinajstić information content (AvgIpc) is 3.27. The Labute approximate surface area is 187 Å². The van der Waals surface area contributed by atoms with Crippen molar-refractivity contribution < 1.29 is 23.5 Å². The topological polar surface area (TPSA) is 65.7 Å². The van der Waals surface area contributed by atoms with Gasteiger partial charge in [0.15, 0.2) is 0 Å². The van der Waals surface area contributed by atoms with Crippen LogP contribution in [-0.2, 0) is 9.47 Å². The normalized spacial score (nSPS) is 10.6. The van der Waals surface area contributed by atoms with Gasteiger partial charge in [-0.15, -0.1) is 13.2 Å².